The van der Waals surface area contributed by atoms with Crippen molar-refractivity contribution in [2.24, 2.45) is 10.9 Å². The summed E-state index contributed by atoms with van der Waals surface area (Å²) in [5.74, 6) is 1.87. The number of carbonyl (C=O) groups excluding carboxylic acids is 1. The molecule has 1 unspecified atom stereocenters. The summed E-state index contributed by atoms with van der Waals surface area (Å²) in [5, 5.41) is 0. The molecule has 0 bridgehead atoms. The monoisotopic (exact) mass is 481 g/mol. The van der Waals surface area contributed by atoms with Crippen molar-refractivity contribution in [3.05, 3.63) is 58.4 Å². The number of terminal acetylenes is 1. The van der Waals surface area contributed by atoms with Crippen LogP contribution in [-0.2, 0) is 27.8 Å². The molecule has 1 aromatic heterocycles. The largest absolute Gasteiger partial charge is 0.305 e. The van der Waals surface area contributed by atoms with E-state index in [9.17, 15) is 13.2 Å². The van der Waals surface area contributed by atoms with Crippen LogP contribution in [0.25, 0.3) is 10.2 Å². The second kappa shape index (κ2) is 9.64. The number of amides is 1. The van der Waals surface area contributed by atoms with Crippen molar-refractivity contribution >= 4 is 37.5 Å². The molecule has 1 saturated heterocycles. The quantitative estimate of drug-likeness (QED) is 0.521. The summed E-state index contributed by atoms with van der Waals surface area (Å²) in [6.45, 7) is 4.87. The molecular weight excluding hydrogens is 454 g/mol. The lowest BCUT2D eigenvalue weighted by Crippen LogP contribution is -2.42. The molecular formula is C25H27N3O3S2. The molecule has 0 radical (unpaired) electrons. The summed E-state index contributed by atoms with van der Waals surface area (Å²) in [4.78, 5) is 18.4. The summed E-state index contributed by atoms with van der Waals surface area (Å²) in [5.41, 5.74) is 3.15. The van der Waals surface area contributed by atoms with Crippen molar-refractivity contribution in [3.63, 3.8) is 0 Å². The smallest absolute Gasteiger partial charge is 0.252 e. The maximum Gasteiger partial charge on any atom is 0.252 e. The highest BCUT2D eigenvalue weighted by Gasteiger charge is 2.33. The zero-order valence-electron chi connectivity index (χ0n) is 18.8. The second-order valence-corrected chi connectivity index (χ2v) is 11.2. The van der Waals surface area contributed by atoms with Gasteiger partial charge in [-0.1, -0.05) is 47.9 Å². The van der Waals surface area contributed by atoms with E-state index in [1.165, 1.54) is 21.2 Å². The van der Waals surface area contributed by atoms with Gasteiger partial charge in [0.1, 0.15) is 0 Å². The van der Waals surface area contributed by atoms with E-state index in [0.717, 1.165) is 22.2 Å². The first kappa shape index (κ1) is 23.4. The van der Waals surface area contributed by atoms with E-state index < -0.39 is 15.9 Å². The van der Waals surface area contributed by atoms with Crippen LogP contribution in [0.2, 0.25) is 0 Å². The van der Waals surface area contributed by atoms with Crippen molar-refractivity contribution in [1.29, 1.82) is 0 Å². The highest BCUT2D eigenvalue weighted by atomic mass is 32.2. The number of sulfonamides is 1. The van der Waals surface area contributed by atoms with E-state index in [1.54, 1.807) is 24.3 Å². The van der Waals surface area contributed by atoms with E-state index >= 15 is 0 Å². The van der Waals surface area contributed by atoms with Crippen LogP contribution in [0.15, 0.2) is 52.4 Å². The Morgan fingerprint density at radius 1 is 1.24 bits per heavy atom. The van der Waals surface area contributed by atoms with Crippen LogP contribution in [0, 0.1) is 25.2 Å². The number of nitrogens with zero attached hydrogens (tertiary/aromatic N) is 3. The zero-order chi connectivity index (χ0) is 23.6. The molecule has 0 aliphatic carbocycles. The fraction of sp³-hybridized carbons (Fsp3) is 0.360. The Labute approximate surface area is 198 Å². The number of aromatic nitrogens is 1. The molecule has 6 nitrogen and oxygen atoms in total. The Morgan fingerprint density at radius 3 is 2.70 bits per heavy atom. The molecule has 2 aromatic carbocycles. The van der Waals surface area contributed by atoms with Gasteiger partial charge in [-0.15, -0.1) is 6.42 Å². The standard InChI is InChI=1S/C25H27N3O3S2/c1-4-14-28-22-13-10-19(5-2)16-23(22)32-25(28)26-24(29)20-7-6-15-27(17-20)33(30,31)21-11-8-18(3)9-12-21/h1,8-13,16,20H,5-7,14-15,17H2,2-3H3. The molecule has 2 heterocycles. The first-order valence-corrected chi connectivity index (χ1v) is 13.3. The number of hydrogen-bond acceptors (Lipinski definition) is 4. The molecule has 172 valence electrons. The van der Waals surface area contributed by atoms with E-state index in [1.807, 2.05) is 17.6 Å². The van der Waals surface area contributed by atoms with Crippen molar-refractivity contribution in [1.82, 2.24) is 8.87 Å². The molecule has 0 spiro atoms. The van der Waals surface area contributed by atoms with E-state index in [4.69, 9.17) is 6.42 Å². The molecule has 1 amide bonds. The van der Waals surface area contributed by atoms with E-state index in [2.05, 4.69) is 30.0 Å². The predicted octanol–water partition coefficient (Wildman–Crippen LogP) is 3.74. The number of carbonyl (C=O) groups is 1. The molecule has 8 heteroatoms. The first-order valence-electron chi connectivity index (χ1n) is 11.0. The van der Waals surface area contributed by atoms with Gasteiger partial charge >= 0.3 is 0 Å². The molecule has 33 heavy (non-hydrogen) atoms. The normalized spacial score (nSPS) is 17.8. The number of fused-ring (bicyclic) bond motifs is 1. The van der Waals surface area contributed by atoms with Gasteiger partial charge in [0, 0.05) is 13.1 Å². The number of piperidine rings is 1. The molecule has 4 rings (SSSR count). The Hall–Kier alpha value is -2.73. The van der Waals surface area contributed by atoms with Crippen molar-refractivity contribution < 1.29 is 13.2 Å². The number of benzene rings is 2. The van der Waals surface area contributed by atoms with Crippen molar-refractivity contribution in [3.8, 4) is 12.3 Å². The summed E-state index contributed by atoms with van der Waals surface area (Å²) in [7, 11) is -3.65. The number of aryl methyl sites for hydroxylation is 2. The average molecular weight is 482 g/mol. The van der Waals surface area contributed by atoms with Gasteiger partial charge in [0.15, 0.2) is 4.80 Å². The van der Waals surface area contributed by atoms with Gasteiger partial charge in [-0.2, -0.15) is 9.30 Å². The maximum atomic E-state index is 13.1. The molecule has 1 fully saturated rings. The summed E-state index contributed by atoms with van der Waals surface area (Å²) in [6.07, 6.45) is 7.72. The second-order valence-electron chi connectivity index (χ2n) is 8.30. The summed E-state index contributed by atoms with van der Waals surface area (Å²) < 4.78 is 30.5. The maximum absolute atomic E-state index is 13.1. The predicted molar refractivity (Wildman–Crippen MR) is 131 cm³/mol. The number of thiazole rings is 1. The fourth-order valence-electron chi connectivity index (χ4n) is 4.07. The zero-order valence-corrected chi connectivity index (χ0v) is 20.5. The topological polar surface area (TPSA) is 71.7 Å². The molecule has 1 aliphatic heterocycles. The van der Waals surface area contributed by atoms with Gasteiger partial charge in [-0.05, 0) is 56.0 Å². The summed E-state index contributed by atoms with van der Waals surface area (Å²) >= 11 is 1.44. The Bertz CT molecular complexity index is 1390. The lowest BCUT2D eigenvalue weighted by molar-refractivity contribution is -0.122. The molecule has 1 aliphatic rings. The van der Waals surface area contributed by atoms with Crippen LogP contribution < -0.4 is 4.80 Å². The minimum Gasteiger partial charge on any atom is -0.305 e. The van der Waals surface area contributed by atoms with Crippen LogP contribution >= 0.6 is 11.3 Å². The Morgan fingerprint density at radius 2 is 2.00 bits per heavy atom. The van der Waals surface area contributed by atoms with Gasteiger partial charge in [0.05, 0.1) is 27.6 Å². The molecule has 3 aromatic rings. The minimum atomic E-state index is -3.65. The van der Waals surface area contributed by atoms with Crippen molar-refractivity contribution in [2.75, 3.05) is 13.1 Å². The molecule has 1 atom stereocenters. The highest BCUT2D eigenvalue weighted by Crippen LogP contribution is 2.25. The third-order valence-corrected chi connectivity index (χ3v) is 8.92. The van der Waals surface area contributed by atoms with Gasteiger partial charge < -0.3 is 4.57 Å². The molecule has 0 saturated carbocycles. The third-order valence-electron chi connectivity index (χ3n) is 6.00. The molecule has 0 N–H and O–H groups in total. The van der Waals surface area contributed by atoms with Gasteiger partial charge in [0.25, 0.3) is 5.91 Å². The van der Waals surface area contributed by atoms with Crippen LogP contribution in [0.5, 0.6) is 0 Å². The third kappa shape index (κ3) is 4.81. The minimum absolute atomic E-state index is 0.137. The number of rotatable bonds is 5. The van der Waals surface area contributed by atoms with Crippen molar-refractivity contribution in [2.45, 2.75) is 44.6 Å². The van der Waals surface area contributed by atoms with Crippen LogP contribution in [-0.4, -0.2) is 36.3 Å². The number of hydrogen-bond donors (Lipinski definition) is 0. The lowest BCUT2D eigenvalue weighted by Gasteiger charge is -2.30. The SMILES string of the molecule is C#CCn1c(=NC(=O)C2CCCN(S(=O)(=O)c3ccc(C)cc3)C2)sc2cc(CC)ccc21. The van der Waals surface area contributed by atoms with Crippen LogP contribution in [0.1, 0.15) is 30.9 Å². The fourth-order valence-corrected chi connectivity index (χ4v) is 6.70. The average Bonchev–Trinajstić information content (AvgIpc) is 3.15. The summed E-state index contributed by atoms with van der Waals surface area (Å²) in [6, 6.07) is 13.0. The Balaban J connectivity index is 1.63. The van der Waals surface area contributed by atoms with Gasteiger partial charge in [0.2, 0.25) is 10.0 Å². The Kier molecular flexibility index (Phi) is 6.84. The van der Waals surface area contributed by atoms with Gasteiger partial charge in [-0.3, -0.25) is 4.79 Å². The van der Waals surface area contributed by atoms with E-state index in [-0.39, 0.29) is 17.3 Å². The van der Waals surface area contributed by atoms with E-state index in [0.29, 0.717) is 30.7 Å². The first-order chi connectivity index (χ1) is 15.8. The highest BCUT2D eigenvalue weighted by molar-refractivity contribution is 7.89. The van der Waals surface area contributed by atoms with Crippen LogP contribution in [0.4, 0.5) is 0 Å². The van der Waals surface area contributed by atoms with Crippen LogP contribution in [0.3, 0.4) is 0 Å². The lowest BCUT2D eigenvalue weighted by atomic mass is 9.99. The van der Waals surface area contributed by atoms with Gasteiger partial charge in [-0.25, -0.2) is 8.42 Å².